The van der Waals surface area contributed by atoms with Gasteiger partial charge in [-0.15, -0.1) is 0 Å². The van der Waals surface area contributed by atoms with Crippen LogP contribution in [-0.4, -0.2) is 38.0 Å². The summed E-state index contributed by atoms with van der Waals surface area (Å²) in [4.78, 5) is 4.07. The number of pyridine rings is 1. The van der Waals surface area contributed by atoms with Gasteiger partial charge in [-0.2, -0.15) is 0 Å². The zero-order valence-corrected chi connectivity index (χ0v) is 13.2. The second kappa shape index (κ2) is 7.09. The van der Waals surface area contributed by atoms with E-state index in [1.807, 2.05) is 13.8 Å². The molecule has 0 radical (unpaired) electrons. The molecule has 0 amide bonds. The van der Waals surface area contributed by atoms with Crippen LogP contribution >= 0.6 is 0 Å². The van der Waals surface area contributed by atoms with E-state index < -0.39 is 10.0 Å². The molecule has 1 saturated heterocycles. The molecule has 1 N–H and O–H groups in total. The molecular weight excluding hydrogens is 292 g/mol. The molecule has 2 rings (SSSR count). The van der Waals surface area contributed by atoms with Crippen molar-refractivity contribution in [2.24, 2.45) is 0 Å². The minimum Gasteiger partial charge on any atom is -0.473 e. The highest BCUT2D eigenvalue weighted by atomic mass is 32.2. The topological polar surface area (TPSA) is 77.5 Å². The minimum absolute atomic E-state index is 0.0387. The summed E-state index contributed by atoms with van der Waals surface area (Å²) in [6, 6.07) is 3.31. The van der Waals surface area contributed by atoms with Crippen LogP contribution in [0.15, 0.2) is 18.3 Å². The highest BCUT2D eigenvalue weighted by Gasteiger charge is 2.23. The number of aromatic nitrogens is 1. The van der Waals surface area contributed by atoms with Crippen LogP contribution in [0.2, 0.25) is 0 Å². The fraction of sp³-hybridized carbons (Fsp3) is 0.643. The van der Waals surface area contributed by atoms with Gasteiger partial charge in [0.25, 0.3) is 0 Å². The molecule has 118 valence electrons. The number of nitrogens with one attached hydrogen (secondary N) is 1. The normalized spacial score (nSPS) is 19.5. The predicted molar refractivity (Wildman–Crippen MR) is 81.0 cm³/mol. The van der Waals surface area contributed by atoms with Crippen LogP contribution < -0.4 is 9.46 Å². The van der Waals surface area contributed by atoms with Gasteiger partial charge < -0.3 is 9.47 Å². The Balaban J connectivity index is 2.05. The standard InChI is InChI=1S/C14H22N2O4S/c1-11(2)20-14-13(7-5-8-15-14)16-21(17,18)10-12-6-3-4-9-19-12/h5,7-8,11-12,16H,3-4,6,9-10H2,1-2H3. The van der Waals surface area contributed by atoms with Gasteiger partial charge in [-0.05, 0) is 45.2 Å². The van der Waals surface area contributed by atoms with Crippen molar-refractivity contribution in [1.29, 1.82) is 0 Å². The molecule has 1 aliphatic heterocycles. The Labute approximate surface area is 125 Å². The molecule has 6 nitrogen and oxygen atoms in total. The van der Waals surface area contributed by atoms with Gasteiger partial charge in [0.1, 0.15) is 5.69 Å². The second-order valence-corrected chi connectivity index (χ2v) is 7.16. The average Bonchev–Trinajstić information content (AvgIpc) is 2.41. The Bertz CT molecular complexity index is 554. The van der Waals surface area contributed by atoms with Gasteiger partial charge in [0, 0.05) is 12.8 Å². The lowest BCUT2D eigenvalue weighted by atomic mass is 10.1. The maximum absolute atomic E-state index is 12.2. The van der Waals surface area contributed by atoms with Crippen molar-refractivity contribution < 1.29 is 17.9 Å². The van der Waals surface area contributed by atoms with Crippen molar-refractivity contribution in [3.8, 4) is 5.88 Å². The summed E-state index contributed by atoms with van der Waals surface area (Å²) in [7, 11) is -3.49. The van der Waals surface area contributed by atoms with E-state index >= 15 is 0 Å². The highest BCUT2D eigenvalue weighted by Crippen LogP contribution is 2.24. The summed E-state index contributed by atoms with van der Waals surface area (Å²) >= 11 is 0. The zero-order chi connectivity index (χ0) is 15.3. The van der Waals surface area contributed by atoms with E-state index in [0.29, 0.717) is 18.2 Å². The van der Waals surface area contributed by atoms with Crippen LogP contribution in [0.3, 0.4) is 0 Å². The molecule has 7 heteroatoms. The Kier molecular flexibility index (Phi) is 5.41. The van der Waals surface area contributed by atoms with Gasteiger partial charge in [-0.1, -0.05) is 0 Å². The Morgan fingerprint density at radius 1 is 1.48 bits per heavy atom. The fourth-order valence-electron chi connectivity index (χ4n) is 2.18. The maximum atomic E-state index is 12.2. The van der Waals surface area contributed by atoms with Gasteiger partial charge in [0.2, 0.25) is 15.9 Å². The number of anilines is 1. The first-order valence-corrected chi connectivity index (χ1v) is 8.85. The van der Waals surface area contributed by atoms with E-state index in [4.69, 9.17) is 9.47 Å². The van der Waals surface area contributed by atoms with E-state index in [0.717, 1.165) is 19.3 Å². The summed E-state index contributed by atoms with van der Waals surface area (Å²) in [6.07, 6.45) is 4.05. The van der Waals surface area contributed by atoms with Crippen molar-refractivity contribution in [3.63, 3.8) is 0 Å². The Morgan fingerprint density at radius 2 is 2.29 bits per heavy atom. The van der Waals surface area contributed by atoms with E-state index in [9.17, 15) is 8.42 Å². The van der Waals surface area contributed by atoms with Crippen molar-refractivity contribution in [2.45, 2.75) is 45.3 Å². The van der Waals surface area contributed by atoms with Crippen LogP contribution in [-0.2, 0) is 14.8 Å². The largest absolute Gasteiger partial charge is 0.473 e. The summed E-state index contributed by atoms with van der Waals surface area (Å²) in [5.74, 6) is 0.254. The van der Waals surface area contributed by atoms with Crippen molar-refractivity contribution in [2.75, 3.05) is 17.1 Å². The lowest BCUT2D eigenvalue weighted by Crippen LogP contribution is -2.31. The van der Waals surface area contributed by atoms with Gasteiger partial charge in [-0.25, -0.2) is 13.4 Å². The molecule has 1 unspecified atom stereocenters. The fourth-order valence-corrected chi connectivity index (χ4v) is 3.50. The average molecular weight is 314 g/mol. The van der Waals surface area contributed by atoms with Crippen LogP contribution in [0.4, 0.5) is 5.69 Å². The summed E-state index contributed by atoms with van der Waals surface area (Å²) in [5, 5.41) is 0. The molecule has 0 spiro atoms. The van der Waals surface area contributed by atoms with Crippen LogP contribution in [0.25, 0.3) is 0 Å². The van der Waals surface area contributed by atoms with E-state index in [1.165, 1.54) is 0 Å². The van der Waals surface area contributed by atoms with E-state index in [-0.39, 0.29) is 18.0 Å². The molecule has 1 aliphatic rings. The number of hydrogen-bond donors (Lipinski definition) is 1. The lowest BCUT2D eigenvalue weighted by molar-refractivity contribution is 0.0306. The van der Waals surface area contributed by atoms with Gasteiger partial charge in [-0.3, -0.25) is 4.72 Å². The number of rotatable bonds is 6. The van der Waals surface area contributed by atoms with Gasteiger partial charge in [0.05, 0.1) is 18.0 Å². The van der Waals surface area contributed by atoms with Gasteiger partial charge in [0.15, 0.2) is 0 Å². The van der Waals surface area contributed by atoms with Crippen LogP contribution in [0, 0.1) is 0 Å². The third kappa shape index (κ3) is 5.17. The SMILES string of the molecule is CC(C)Oc1ncccc1NS(=O)(=O)CC1CCCCO1. The van der Waals surface area contributed by atoms with Crippen molar-refractivity contribution >= 4 is 15.7 Å². The molecule has 0 aliphatic carbocycles. The molecule has 0 bridgehead atoms. The first kappa shape index (κ1) is 16.0. The first-order chi connectivity index (χ1) is 9.96. The summed E-state index contributed by atoms with van der Waals surface area (Å²) < 4.78 is 38.0. The minimum atomic E-state index is -3.49. The third-order valence-corrected chi connectivity index (χ3v) is 4.40. The van der Waals surface area contributed by atoms with Crippen LogP contribution in [0.5, 0.6) is 5.88 Å². The number of nitrogens with zero attached hydrogens (tertiary/aromatic N) is 1. The van der Waals surface area contributed by atoms with Crippen molar-refractivity contribution in [1.82, 2.24) is 4.98 Å². The van der Waals surface area contributed by atoms with Crippen LogP contribution in [0.1, 0.15) is 33.1 Å². The predicted octanol–water partition coefficient (Wildman–Crippen LogP) is 2.18. The molecular formula is C14H22N2O4S. The van der Waals surface area contributed by atoms with Crippen molar-refractivity contribution in [3.05, 3.63) is 18.3 Å². The Hall–Kier alpha value is -1.34. The molecule has 1 atom stereocenters. The highest BCUT2D eigenvalue weighted by molar-refractivity contribution is 7.92. The van der Waals surface area contributed by atoms with Gasteiger partial charge >= 0.3 is 0 Å². The molecule has 1 aromatic heterocycles. The van der Waals surface area contributed by atoms with E-state index in [1.54, 1.807) is 18.3 Å². The second-order valence-electron chi connectivity index (χ2n) is 5.39. The molecule has 2 heterocycles. The molecule has 1 fully saturated rings. The molecule has 0 aromatic carbocycles. The monoisotopic (exact) mass is 314 g/mol. The molecule has 1 aromatic rings. The summed E-state index contributed by atoms with van der Waals surface area (Å²) in [6.45, 7) is 4.36. The number of ether oxygens (including phenoxy) is 2. The maximum Gasteiger partial charge on any atom is 0.238 e. The third-order valence-electron chi connectivity index (χ3n) is 3.06. The number of sulfonamides is 1. The molecule has 0 saturated carbocycles. The van der Waals surface area contributed by atoms with E-state index in [2.05, 4.69) is 9.71 Å². The zero-order valence-electron chi connectivity index (χ0n) is 12.4. The molecule has 21 heavy (non-hydrogen) atoms. The quantitative estimate of drug-likeness (QED) is 0.871. The number of hydrogen-bond acceptors (Lipinski definition) is 5. The first-order valence-electron chi connectivity index (χ1n) is 7.20. The summed E-state index contributed by atoms with van der Waals surface area (Å²) in [5.41, 5.74) is 0.363. The lowest BCUT2D eigenvalue weighted by Gasteiger charge is -2.22. The smallest absolute Gasteiger partial charge is 0.238 e. The Morgan fingerprint density at radius 3 is 2.95 bits per heavy atom.